The van der Waals surface area contributed by atoms with Gasteiger partial charge in [0.1, 0.15) is 0 Å². The lowest BCUT2D eigenvalue weighted by Gasteiger charge is -2.43. The van der Waals surface area contributed by atoms with Crippen LogP contribution in [-0.2, 0) is 0 Å². The third kappa shape index (κ3) is 3.54. The molecule has 1 aliphatic heterocycles. The van der Waals surface area contributed by atoms with Gasteiger partial charge in [0.25, 0.3) is 0 Å². The topological polar surface area (TPSA) is 51.0 Å². The van der Waals surface area contributed by atoms with E-state index in [-0.39, 0.29) is 6.04 Å². The Kier molecular flexibility index (Phi) is 6.06. The Morgan fingerprint density at radius 2 is 1.95 bits per heavy atom. The van der Waals surface area contributed by atoms with Crippen LogP contribution in [0.5, 0.6) is 11.5 Å². The Balaban J connectivity index is 2.18. The molecule has 2 atom stereocenters. The van der Waals surface area contributed by atoms with E-state index in [9.17, 15) is 0 Å². The highest BCUT2D eigenvalue weighted by molar-refractivity contribution is 5.44. The van der Waals surface area contributed by atoms with Gasteiger partial charge in [-0.25, -0.2) is 0 Å². The van der Waals surface area contributed by atoms with Crippen LogP contribution in [0, 0.1) is 0 Å². The molecular weight excluding hydrogens is 278 g/mol. The molecule has 22 heavy (non-hydrogen) atoms. The van der Waals surface area contributed by atoms with Gasteiger partial charge in [0, 0.05) is 38.3 Å². The summed E-state index contributed by atoms with van der Waals surface area (Å²) < 4.78 is 10.7. The van der Waals surface area contributed by atoms with E-state index in [1.165, 1.54) is 5.56 Å². The average Bonchev–Trinajstić information content (AvgIpc) is 2.55. The van der Waals surface area contributed by atoms with Crippen molar-refractivity contribution in [2.24, 2.45) is 5.73 Å². The number of likely N-dealkylation sites (N-methyl/N-ethyl adjacent to an activating group) is 1. The van der Waals surface area contributed by atoms with Crippen LogP contribution >= 0.6 is 0 Å². The van der Waals surface area contributed by atoms with Crippen LogP contribution in [0.1, 0.15) is 25.5 Å². The molecule has 1 aliphatic rings. The summed E-state index contributed by atoms with van der Waals surface area (Å²) in [5.41, 5.74) is 7.27. The maximum Gasteiger partial charge on any atom is 0.161 e. The largest absolute Gasteiger partial charge is 0.493 e. The second kappa shape index (κ2) is 7.81. The van der Waals surface area contributed by atoms with Crippen LogP contribution in [0.25, 0.3) is 0 Å². The summed E-state index contributed by atoms with van der Waals surface area (Å²) in [5.74, 6) is 1.52. The first kappa shape index (κ1) is 17.1. The van der Waals surface area contributed by atoms with E-state index in [0.29, 0.717) is 12.6 Å². The second-order valence-corrected chi connectivity index (χ2v) is 5.84. The van der Waals surface area contributed by atoms with Gasteiger partial charge in [-0.15, -0.1) is 0 Å². The molecule has 2 unspecified atom stereocenters. The third-order valence-corrected chi connectivity index (χ3v) is 4.66. The Morgan fingerprint density at radius 3 is 2.50 bits per heavy atom. The average molecular weight is 307 g/mol. The molecule has 5 nitrogen and oxygen atoms in total. The van der Waals surface area contributed by atoms with Crippen molar-refractivity contribution in [3.8, 4) is 11.5 Å². The minimum absolute atomic E-state index is 0.223. The number of hydrogen-bond acceptors (Lipinski definition) is 5. The van der Waals surface area contributed by atoms with Gasteiger partial charge in [-0.05, 0) is 31.2 Å². The zero-order valence-electron chi connectivity index (χ0n) is 14.2. The summed E-state index contributed by atoms with van der Waals surface area (Å²) in [6.45, 7) is 9.42. The summed E-state index contributed by atoms with van der Waals surface area (Å²) in [6.07, 6.45) is 0. The summed E-state index contributed by atoms with van der Waals surface area (Å²) in [7, 11) is 3.32. The van der Waals surface area contributed by atoms with Gasteiger partial charge in [-0.2, -0.15) is 0 Å². The molecule has 1 fully saturated rings. The zero-order chi connectivity index (χ0) is 16.1. The molecule has 0 aromatic heterocycles. The Hall–Kier alpha value is -1.30. The van der Waals surface area contributed by atoms with E-state index in [2.05, 4.69) is 29.7 Å². The molecule has 1 aromatic rings. The van der Waals surface area contributed by atoms with Crippen LogP contribution in [0.2, 0.25) is 0 Å². The molecule has 0 bridgehead atoms. The number of methoxy groups -OCH3 is 2. The molecule has 0 aliphatic carbocycles. The van der Waals surface area contributed by atoms with Gasteiger partial charge in [0.2, 0.25) is 0 Å². The quantitative estimate of drug-likeness (QED) is 0.867. The second-order valence-electron chi connectivity index (χ2n) is 5.84. The molecule has 2 rings (SSSR count). The van der Waals surface area contributed by atoms with Gasteiger partial charge >= 0.3 is 0 Å². The fourth-order valence-electron chi connectivity index (χ4n) is 3.33. The standard InChI is InChI=1S/C17H29N3O2/c1-5-19-8-9-20(12-13(19)2)15(11-18)14-6-7-16(21-3)17(10-14)22-4/h6-7,10,13,15H,5,8-9,11-12,18H2,1-4H3. The number of ether oxygens (including phenoxy) is 2. The third-order valence-electron chi connectivity index (χ3n) is 4.66. The monoisotopic (exact) mass is 307 g/mol. The van der Waals surface area contributed by atoms with Crippen LogP contribution in [0.15, 0.2) is 18.2 Å². The normalized spacial score (nSPS) is 21.6. The lowest BCUT2D eigenvalue weighted by atomic mass is 10.0. The van der Waals surface area contributed by atoms with Crippen molar-refractivity contribution in [1.82, 2.24) is 9.80 Å². The van der Waals surface area contributed by atoms with Crippen LogP contribution < -0.4 is 15.2 Å². The number of nitrogens with two attached hydrogens (primary N) is 1. The number of benzene rings is 1. The molecule has 0 saturated carbocycles. The molecule has 1 saturated heterocycles. The summed E-state index contributed by atoms with van der Waals surface area (Å²) >= 11 is 0. The van der Waals surface area contributed by atoms with E-state index >= 15 is 0 Å². The maximum absolute atomic E-state index is 6.08. The molecule has 124 valence electrons. The summed E-state index contributed by atoms with van der Waals surface area (Å²) in [4.78, 5) is 5.00. The lowest BCUT2D eigenvalue weighted by molar-refractivity contribution is 0.0606. The Morgan fingerprint density at radius 1 is 1.23 bits per heavy atom. The van der Waals surface area contributed by atoms with Gasteiger partial charge in [-0.1, -0.05) is 13.0 Å². The lowest BCUT2D eigenvalue weighted by Crippen LogP contribution is -2.53. The fourth-order valence-corrected chi connectivity index (χ4v) is 3.33. The highest BCUT2D eigenvalue weighted by atomic mass is 16.5. The number of hydrogen-bond donors (Lipinski definition) is 1. The fraction of sp³-hybridized carbons (Fsp3) is 0.647. The molecule has 0 amide bonds. The van der Waals surface area contributed by atoms with Crippen LogP contribution in [0.3, 0.4) is 0 Å². The Bertz CT molecular complexity index is 481. The minimum Gasteiger partial charge on any atom is -0.493 e. The number of rotatable bonds is 6. The van der Waals surface area contributed by atoms with Gasteiger partial charge < -0.3 is 15.2 Å². The molecule has 1 heterocycles. The van der Waals surface area contributed by atoms with E-state index in [1.54, 1.807) is 14.2 Å². The van der Waals surface area contributed by atoms with Crippen molar-refractivity contribution in [3.05, 3.63) is 23.8 Å². The van der Waals surface area contributed by atoms with Crippen molar-refractivity contribution in [2.75, 3.05) is 46.9 Å². The minimum atomic E-state index is 0.223. The highest BCUT2D eigenvalue weighted by Gasteiger charge is 2.28. The molecule has 1 aromatic carbocycles. The molecule has 2 N–H and O–H groups in total. The molecule has 0 radical (unpaired) electrons. The van der Waals surface area contributed by atoms with E-state index in [1.807, 2.05) is 12.1 Å². The number of piperazine rings is 1. The van der Waals surface area contributed by atoms with Crippen LogP contribution in [0.4, 0.5) is 0 Å². The van der Waals surface area contributed by atoms with Crippen molar-refractivity contribution >= 4 is 0 Å². The van der Waals surface area contributed by atoms with Gasteiger partial charge in [-0.3, -0.25) is 9.80 Å². The maximum atomic E-state index is 6.08. The number of nitrogens with zero attached hydrogens (tertiary/aromatic N) is 2. The van der Waals surface area contributed by atoms with E-state index in [0.717, 1.165) is 37.7 Å². The van der Waals surface area contributed by atoms with Crippen molar-refractivity contribution in [1.29, 1.82) is 0 Å². The smallest absolute Gasteiger partial charge is 0.161 e. The van der Waals surface area contributed by atoms with E-state index < -0.39 is 0 Å². The van der Waals surface area contributed by atoms with Crippen LogP contribution in [-0.4, -0.2) is 62.8 Å². The van der Waals surface area contributed by atoms with Crippen molar-refractivity contribution in [2.45, 2.75) is 25.9 Å². The predicted molar refractivity (Wildman–Crippen MR) is 89.6 cm³/mol. The van der Waals surface area contributed by atoms with Crippen molar-refractivity contribution < 1.29 is 9.47 Å². The van der Waals surface area contributed by atoms with E-state index in [4.69, 9.17) is 15.2 Å². The molecular formula is C17H29N3O2. The predicted octanol–water partition coefficient (Wildman–Crippen LogP) is 1.73. The zero-order valence-corrected chi connectivity index (χ0v) is 14.2. The highest BCUT2D eigenvalue weighted by Crippen LogP contribution is 2.32. The molecule has 5 heteroatoms. The first-order valence-corrected chi connectivity index (χ1v) is 8.04. The summed E-state index contributed by atoms with van der Waals surface area (Å²) in [5, 5.41) is 0. The summed E-state index contributed by atoms with van der Waals surface area (Å²) in [6, 6.07) is 6.89. The first-order valence-electron chi connectivity index (χ1n) is 8.04. The molecule has 0 spiro atoms. The van der Waals surface area contributed by atoms with Crippen molar-refractivity contribution in [3.63, 3.8) is 0 Å². The SMILES string of the molecule is CCN1CCN(C(CN)c2ccc(OC)c(OC)c2)CC1C. The Labute approximate surface area is 134 Å². The van der Waals surface area contributed by atoms with Gasteiger partial charge in [0.05, 0.1) is 14.2 Å². The first-order chi connectivity index (χ1) is 10.6. The van der Waals surface area contributed by atoms with Gasteiger partial charge in [0.15, 0.2) is 11.5 Å².